The molecule has 1 aliphatic carbocycles. The normalized spacial score (nSPS) is 22.1. The van der Waals surface area contributed by atoms with Crippen LogP contribution in [0.1, 0.15) is 12.8 Å². The van der Waals surface area contributed by atoms with Crippen molar-refractivity contribution in [2.75, 3.05) is 13.1 Å². The van der Waals surface area contributed by atoms with Gasteiger partial charge in [-0.3, -0.25) is 0 Å². The Kier molecular flexibility index (Phi) is 2.70. The van der Waals surface area contributed by atoms with Crippen LogP contribution < -0.4 is 5.73 Å². The van der Waals surface area contributed by atoms with Gasteiger partial charge in [-0.2, -0.15) is 4.31 Å². The molecule has 2 fully saturated rings. The van der Waals surface area contributed by atoms with Crippen molar-refractivity contribution in [1.82, 2.24) is 4.31 Å². The zero-order chi connectivity index (χ0) is 14.7. The van der Waals surface area contributed by atoms with Gasteiger partial charge in [-0.1, -0.05) is 36.4 Å². The van der Waals surface area contributed by atoms with E-state index in [0.717, 1.165) is 23.6 Å². The molecule has 2 aliphatic rings. The summed E-state index contributed by atoms with van der Waals surface area (Å²) in [5.74, 6) is 0.511. The molecule has 1 saturated heterocycles. The fraction of sp³-hybridized carbons (Fsp3) is 0.375. The van der Waals surface area contributed by atoms with Crippen LogP contribution in [0.3, 0.4) is 0 Å². The highest BCUT2D eigenvalue weighted by molar-refractivity contribution is 7.89. The van der Waals surface area contributed by atoms with Crippen LogP contribution in [-0.4, -0.2) is 31.4 Å². The molecule has 4 nitrogen and oxygen atoms in total. The maximum absolute atomic E-state index is 12.8. The van der Waals surface area contributed by atoms with Gasteiger partial charge in [-0.05, 0) is 30.2 Å². The van der Waals surface area contributed by atoms with E-state index in [9.17, 15) is 8.42 Å². The number of fused-ring (bicyclic) bond motifs is 1. The summed E-state index contributed by atoms with van der Waals surface area (Å²) < 4.78 is 27.2. The molecule has 0 spiro atoms. The minimum atomic E-state index is -3.45. The van der Waals surface area contributed by atoms with Crippen LogP contribution in [0.2, 0.25) is 0 Å². The Morgan fingerprint density at radius 2 is 1.71 bits per heavy atom. The third kappa shape index (κ3) is 1.99. The Bertz CT molecular complexity index is 801. The zero-order valence-electron chi connectivity index (χ0n) is 11.7. The van der Waals surface area contributed by atoms with Gasteiger partial charge in [0.25, 0.3) is 0 Å². The number of nitrogens with two attached hydrogens (primary N) is 1. The minimum Gasteiger partial charge on any atom is -0.323 e. The Morgan fingerprint density at radius 1 is 1.05 bits per heavy atom. The molecule has 1 aliphatic heterocycles. The van der Waals surface area contributed by atoms with Crippen LogP contribution in [0.5, 0.6) is 0 Å². The number of sulfonamides is 1. The predicted octanol–water partition coefficient (Wildman–Crippen LogP) is 1.95. The Hall–Kier alpha value is -1.43. The van der Waals surface area contributed by atoms with Crippen molar-refractivity contribution in [1.29, 1.82) is 0 Å². The van der Waals surface area contributed by atoms with Crippen LogP contribution in [-0.2, 0) is 10.0 Å². The second-order valence-electron chi connectivity index (χ2n) is 6.26. The largest absolute Gasteiger partial charge is 0.323 e. The highest BCUT2D eigenvalue weighted by Gasteiger charge is 2.53. The van der Waals surface area contributed by atoms with Gasteiger partial charge in [0, 0.05) is 24.0 Å². The predicted molar refractivity (Wildman–Crippen MR) is 82.3 cm³/mol. The first-order valence-corrected chi connectivity index (χ1v) is 8.71. The fourth-order valence-electron chi connectivity index (χ4n) is 3.26. The molecule has 0 amide bonds. The van der Waals surface area contributed by atoms with Crippen molar-refractivity contribution in [3.63, 3.8) is 0 Å². The van der Waals surface area contributed by atoms with Crippen LogP contribution in [0.15, 0.2) is 47.4 Å². The summed E-state index contributed by atoms with van der Waals surface area (Å²) in [5.41, 5.74) is 5.99. The zero-order valence-corrected chi connectivity index (χ0v) is 12.5. The molecule has 110 valence electrons. The number of hydrogen-bond donors (Lipinski definition) is 1. The second-order valence-corrected chi connectivity index (χ2v) is 8.16. The number of benzene rings is 2. The average molecular weight is 302 g/mol. The molecule has 0 bridgehead atoms. The van der Waals surface area contributed by atoms with E-state index in [1.807, 2.05) is 30.3 Å². The van der Waals surface area contributed by atoms with E-state index in [2.05, 4.69) is 0 Å². The van der Waals surface area contributed by atoms with E-state index in [1.165, 1.54) is 4.31 Å². The van der Waals surface area contributed by atoms with Crippen molar-refractivity contribution in [2.24, 2.45) is 11.7 Å². The topological polar surface area (TPSA) is 63.4 Å². The van der Waals surface area contributed by atoms with E-state index in [4.69, 9.17) is 5.73 Å². The molecule has 21 heavy (non-hydrogen) atoms. The highest BCUT2D eigenvalue weighted by Crippen LogP contribution is 2.44. The van der Waals surface area contributed by atoms with Crippen molar-refractivity contribution in [3.8, 4) is 0 Å². The lowest BCUT2D eigenvalue weighted by atomic mass is 9.88. The van der Waals surface area contributed by atoms with Gasteiger partial charge in [-0.15, -0.1) is 0 Å². The van der Waals surface area contributed by atoms with Gasteiger partial charge in [-0.25, -0.2) is 8.42 Å². The summed E-state index contributed by atoms with van der Waals surface area (Å²) in [6.45, 7) is 0.895. The van der Waals surface area contributed by atoms with Crippen LogP contribution in [0, 0.1) is 5.92 Å². The molecule has 1 heterocycles. The monoisotopic (exact) mass is 302 g/mol. The van der Waals surface area contributed by atoms with E-state index < -0.39 is 10.0 Å². The summed E-state index contributed by atoms with van der Waals surface area (Å²) in [4.78, 5) is 0.387. The van der Waals surface area contributed by atoms with Crippen molar-refractivity contribution >= 4 is 20.8 Å². The molecule has 2 N–H and O–H groups in total. The maximum Gasteiger partial charge on any atom is 0.243 e. The van der Waals surface area contributed by atoms with Crippen molar-refractivity contribution in [2.45, 2.75) is 23.3 Å². The van der Waals surface area contributed by atoms with Crippen molar-refractivity contribution < 1.29 is 8.42 Å². The third-order valence-corrected chi connectivity index (χ3v) is 6.55. The molecule has 0 aromatic heterocycles. The van der Waals surface area contributed by atoms with Gasteiger partial charge < -0.3 is 5.73 Å². The van der Waals surface area contributed by atoms with Crippen LogP contribution in [0.4, 0.5) is 0 Å². The van der Waals surface area contributed by atoms with E-state index in [1.54, 1.807) is 12.1 Å². The third-order valence-electron chi connectivity index (χ3n) is 4.70. The van der Waals surface area contributed by atoms with Crippen LogP contribution in [0.25, 0.3) is 10.8 Å². The van der Waals surface area contributed by atoms with Crippen LogP contribution >= 0.6 is 0 Å². The smallest absolute Gasteiger partial charge is 0.243 e. The molecule has 4 rings (SSSR count). The second kappa shape index (κ2) is 4.29. The van der Waals surface area contributed by atoms with Gasteiger partial charge in [0.1, 0.15) is 0 Å². The molecule has 0 atom stereocenters. The Morgan fingerprint density at radius 3 is 2.43 bits per heavy atom. The average Bonchev–Trinajstić information content (AvgIpc) is 3.28. The molecule has 2 aromatic carbocycles. The van der Waals surface area contributed by atoms with Gasteiger partial charge in [0.05, 0.1) is 4.90 Å². The van der Waals surface area contributed by atoms with E-state index >= 15 is 0 Å². The number of hydrogen-bond acceptors (Lipinski definition) is 3. The summed E-state index contributed by atoms with van der Waals surface area (Å²) >= 11 is 0. The molecule has 0 unspecified atom stereocenters. The lowest BCUT2D eigenvalue weighted by Gasteiger charge is -2.47. The summed E-state index contributed by atoms with van der Waals surface area (Å²) in [5, 5.41) is 1.72. The quantitative estimate of drug-likeness (QED) is 0.942. The highest BCUT2D eigenvalue weighted by atomic mass is 32.2. The molecule has 5 heteroatoms. The van der Waals surface area contributed by atoms with E-state index in [0.29, 0.717) is 23.9 Å². The molecular formula is C16H18N2O2S. The first-order valence-electron chi connectivity index (χ1n) is 7.27. The summed E-state index contributed by atoms with van der Waals surface area (Å²) in [6, 6.07) is 13.0. The first-order chi connectivity index (χ1) is 10.0. The minimum absolute atomic E-state index is 0.294. The lowest BCUT2D eigenvalue weighted by Crippen LogP contribution is -2.69. The maximum atomic E-state index is 12.8. The molecule has 0 radical (unpaired) electrons. The standard InChI is InChI=1S/C16H18N2O2S/c17-16(13-8-9-13)10-18(11-16)21(19,20)15-7-3-5-12-4-1-2-6-14(12)15/h1-7,13H,8-11,17H2. The van der Waals surface area contributed by atoms with Gasteiger partial charge in [0.15, 0.2) is 0 Å². The lowest BCUT2D eigenvalue weighted by molar-refractivity contribution is 0.135. The number of nitrogens with zero attached hydrogens (tertiary/aromatic N) is 1. The van der Waals surface area contributed by atoms with Gasteiger partial charge in [0.2, 0.25) is 10.0 Å². The fourth-order valence-corrected chi connectivity index (χ4v) is 5.07. The number of rotatable bonds is 3. The van der Waals surface area contributed by atoms with E-state index in [-0.39, 0.29) is 5.54 Å². The Labute approximate surface area is 124 Å². The first kappa shape index (κ1) is 13.2. The summed E-state index contributed by atoms with van der Waals surface area (Å²) in [7, 11) is -3.45. The van der Waals surface area contributed by atoms with Crippen molar-refractivity contribution in [3.05, 3.63) is 42.5 Å². The molecule has 1 saturated carbocycles. The Balaban J connectivity index is 1.71. The molecular weight excluding hydrogens is 284 g/mol. The SMILES string of the molecule is NC1(C2CC2)CN(S(=O)(=O)c2cccc3ccccc23)C1. The summed E-state index contributed by atoms with van der Waals surface area (Å²) in [6.07, 6.45) is 2.28. The molecule has 2 aromatic rings. The van der Waals surface area contributed by atoms with Gasteiger partial charge >= 0.3 is 0 Å².